The van der Waals surface area contributed by atoms with E-state index in [0.29, 0.717) is 11.8 Å². The molecule has 1 amide bonds. The van der Waals surface area contributed by atoms with Gasteiger partial charge in [-0.05, 0) is 49.7 Å². The predicted octanol–water partition coefficient (Wildman–Crippen LogP) is 3.06. The monoisotopic (exact) mass is 342 g/mol. The topological polar surface area (TPSA) is 64.3 Å². The zero-order valence-corrected chi connectivity index (χ0v) is 13.2. The number of alkyl halides is 2. The van der Waals surface area contributed by atoms with Gasteiger partial charge in [0.2, 0.25) is 0 Å². The van der Waals surface area contributed by atoms with Crippen LogP contribution in [0.2, 0.25) is 0 Å². The third kappa shape index (κ3) is 3.66. The quantitative estimate of drug-likeness (QED) is 0.884. The van der Waals surface area contributed by atoms with E-state index in [0.717, 1.165) is 44.2 Å². The molecule has 2 bridgehead atoms. The van der Waals surface area contributed by atoms with E-state index in [4.69, 9.17) is 5.73 Å². The van der Waals surface area contributed by atoms with Crippen LogP contribution in [0, 0.1) is 17.7 Å². The number of nitrogens with two attached hydrogens (primary N) is 1. The van der Waals surface area contributed by atoms with Crippen molar-refractivity contribution in [3.8, 4) is 5.75 Å². The molecule has 0 aromatic heterocycles. The van der Waals surface area contributed by atoms with Gasteiger partial charge in [-0.3, -0.25) is 4.79 Å². The number of nitrogens with one attached hydrogen (secondary N) is 1. The molecule has 24 heavy (non-hydrogen) atoms. The smallest absolute Gasteiger partial charge is 0.387 e. The maximum absolute atomic E-state index is 13.3. The van der Waals surface area contributed by atoms with Crippen molar-refractivity contribution in [1.29, 1.82) is 0 Å². The van der Waals surface area contributed by atoms with Gasteiger partial charge in [0, 0.05) is 18.2 Å². The molecular formula is C17H21F3N2O2. The standard InChI is InChI=1S/C17H21F3N2O2/c18-11-4-5-13(14(8-11)24-17(19)20)16(23)22-15-9-2-1-3-10(15)7-12(21)6-9/h4-5,8-10,12,15,17H,1-3,6-7,21H2,(H,22,23). The Balaban J connectivity index is 1.77. The van der Waals surface area contributed by atoms with E-state index in [1.54, 1.807) is 0 Å². The Hall–Kier alpha value is -1.76. The van der Waals surface area contributed by atoms with E-state index in [-0.39, 0.29) is 17.6 Å². The molecule has 0 spiro atoms. The van der Waals surface area contributed by atoms with E-state index >= 15 is 0 Å². The summed E-state index contributed by atoms with van der Waals surface area (Å²) in [6, 6.07) is 3.17. The lowest BCUT2D eigenvalue weighted by molar-refractivity contribution is -0.0503. The molecule has 4 nitrogen and oxygen atoms in total. The highest BCUT2D eigenvalue weighted by Crippen LogP contribution is 2.40. The molecule has 3 rings (SSSR count). The maximum atomic E-state index is 13.3. The number of hydrogen-bond acceptors (Lipinski definition) is 3. The second kappa shape index (κ2) is 7.01. The molecule has 3 N–H and O–H groups in total. The maximum Gasteiger partial charge on any atom is 0.387 e. The molecule has 2 aliphatic rings. The Morgan fingerprint density at radius 2 is 1.92 bits per heavy atom. The minimum Gasteiger partial charge on any atom is -0.434 e. The molecule has 0 heterocycles. The highest BCUT2D eigenvalue weighted by molar-refractivity contribution is 5.97. The number of halogens is 3. The Morgan fingerprint density at radius 1 is 1.25 bits per heavy atom. The van der Waals surface area contributed by atoms with Crippen molar-refractivity contribution in [3.05, 3.63) is 29.6 Å². The van der Waals surface area contributed by atoms with Crippen molar-refractivity contribution in [1.82, 2.24) is 5.32 Å². The lowest BCUT2D eigenvalue weighted by Gasteiger charge is -2.45. The molecule has 2 aliphatic carbocycles. The van der Waals surface area contributed by atoms with Gasteiger partial charge in [-0.25, -0.2) is 4.39 Å². The summed E-state index contributed by atoms with van der Waals surface area (Å²) in [6.45, 7) is -3.12. The van der Waals surface area contributed by atoms with Gasteiger partial charge in [-0.1, -0.05) is 6.42 Å². The van der Waals surface area contributed by atoms with Crippen LogP contribution in [0.15, 0.2) is 18.2 Å². The third-order valence-electron chi connectivity index (χ3n) is 5.08. The largest absolute Gasteiger partial charge is 0.434 e. The molecule has 1 aromatic carbocycles. The second-order valence-corrected chi connectivity index (χ2v) is 6.70. The van der Waals surface area contributed by atoms with Crippen molar-refractivity contribution in [3.63, 3.8) is 0 Å². The van der Waals surface area contributed by atoms with Gasteiger partial charge in [0.05, 0.1) is 5.56 Å². The number of amides is 1. The van der Waals surface area contributed by atoms with Crippen LogP contribution in [0.3, 0.4) is 0 Å². The fraction of sp³-hybridized carbons (Fsp3) is 0.588. The molecule has 132 valence electrons. The first kappa shape index (κ1) is 17.1. The van der Waals surface area contributed by atoms with Gasteiger partial charge in [-0.2, -0.15) is 8.78 Å². The van der Waals surface area contributed by atoms with Crippen molar-refractivity contribution in [2.75, 3.05) is 0 Å². The Morgan fingerprint density at radius 3 is 2.54 bits per heavy atom. The van der Waals surface area contributed by atoms with Crippen LogP contribution >= 0.6 is 0 Å². The number of carbonyl (C=O) groups excluding carboxylic acids is 1. The minimum atomic E-state index is -3.12. The summed E-state index contributed by atoms with van der Waals surface area (Å²) < 4.78 is 42.6. The average Bonchev–Trinajstić information content (AvgIpc) is 2.47. The van der Waals surface area contributed by atoms with Crippen LogP contribution in [0.25, 0.3) is 0 Å². The molecule has 7 heteroatoms. The highest BCUT2D eigenvalue weighted by Gasteiger charge is 2.40. The van der Waals surface area contributed by atoms with Crippen LogP contribution in [-0.4, -0.2) is 24.6 Å². The first-order valence-corrected chi connectivity index (χ1v) is 8.25. The van der Waals surface area contributed by atoms with E-state index < -0.39 is 24.1 Å². The van der Waals surface area contributed by atoms with Crippen molar-refractivity contribution in [2.24, 2.45) is 17.6 Å². The summed E-state index contributed by atoms with van der Waals surface area (Å²) in [5.41, 5.74) is 5.99. The zero-order valence-electron chi connectivity index (χ0n) is 13.2. The van der Waals surface area contributed by atoms with Gasteiger partial charge in [0.25, 0.3) is 5.91 Å². The summed E-state index contributed by atoms with van der Waals surface area (Å²) in [7, 11) is 0. The van der Waals surface area contributed by atoms with Crippen molar-refractivity contribution >= 4 is 5.91 Å². The van der Waals surface area contributed by atoms with Gasteiger partial charge < -0.3 is 15.8 Å². The van der Waals surface area contributed by atoms with Crippen molar-refractivity contribution < 1.29 is 22.7 Å². The van der Waals surface area contributed by atoms with E-state index in [1.807, 2.05) is 0 Å². The molecule has 2 atom stereocenters. The minimum absolute atomic E-state index is 0.0181. The van der Waals surface area contributed by atoms with Crippen LogP contribution in [0.4, 0.5) is 13.2 Å². The summed E-state index contributed by atoms with van der Waals surface area (Å²) >= 11 is 0. The molecule has 0 radical (unpaired) electrons. The normalized spacial score (nSPS) is 29.4. The number of hydrogen-bond donors (Lipinski definition) is 2. The number of ether oxygens (including phenoxy) is 1. The van der Waals surface area contributed by atoms with E-state index in [9.17, 15) is 18.0 Å². The van der Waals surface area contributed by atoms with Gasteiger partial charge in [-0.15, -0.1) is 0 Å². The SMILES string of the molecule is NC1CC2CCCC(C1)C2NC(=O)c1ccc(F)cc1OC(F)F. The van der Waals surface area contributed by atoms with E-state index in [2.05, 4.69) is 10.1 Å². The first-order chi connectivity index (χ1) is 11.4. The number of rotatable bonds is 4. The van der Waals surface area contributed by atoms with Crippen LogP contribution in [0.1, 0.15) is 42.5 Å². The lowest BCUT2D eigenvalue weighted by Crippen LogP contribution is -2.53. The molecular weight excluding hydrogens is 321 g/mol. The molecule has 2 fully saturated rings. The van der Waals surface area contributed by atoms with Crippen LogP contribution in [-0.2, 0) is 0 Å². The Bertz CT molecular complexity index is 597. The summed E-state index contributed by atoms with van der Waals surface area (Å²) in [5.74, 6) is -1.08. The fourth-order valence-corrected chi connectivity index (χ4v) is 4.13. The summed E-state index contributed by atoms with van der Waals surface area (Å²) in [4.78, 5) is 12.5. The third-order valence-corrected chi connectivity index (χ3v) is 5.08. The van der Waals surface area contributed by atoms with Crippen LogP contribution < -0.4 is 15.8 Å². The Kier molecular flexibility index (Phi) is 4.99. The van der Waals surface area contributed by atoms with Crippen molar-refractivity contribution in [2.45, 2.75) is 50.8 Å². The molecule has 1 aromatic rings. The lowest BCUT2D eigenvalue weighted by atomic mass is 9.67. The number of benzene rings is 1. The predicted molar refractivity (Wildman–Crippen MR) is 82.3 cm³/mol. The number of carbonyl (C=O) groups is 1. The zero-order chi connectivity index (χ0) is 17.3. The van der Waals surface area contributed by atoms with E-state index in [1.165, 1.54) is 6.07 Å². The summed E-state index contributed by atoms with van der Waals surface area (Å²) in [5, 5.41) is 2.95. The molecule has 0 aliphatic heterocycles. The second-order valence-electron chi connectivity index (χ2n) is 6.70. The fourth-order valence-electron chi connectivity index (χ4n) is 4.13. The molecule has 0 saturated heterocycles. The average molecular weight is 342 g/mol. The van der Waals surface area contributed by atoms with Gasteiger partial charge in [0.15, 0.2) is 0 Å². The molecule has 2 saturated carbocycles. The first-order valence-electron chi connectivity index (χ1n) is 8.25. The van der Waals surface area contributed by atoms with Gasteiger partial charge >= 0.3 is 6.61 Å². The number of fused-ring (bicyclic) bond motifs is 2. The summed E-state index contributed by atoms with van der Waals surface area (Å²) in [6.07, 6.45) is 4.82. The Labute approximate surface area is 138 Å². The molecule has 2 unspecified atom stereocenters. The van der Waals surface area contributed by atoms with Crippen LogP contribution in [0.5, 0.6) is 5.75 Å². The highest BCUT2D eigenvalue weighted by atomic mass is 19.3. The van der Waals surface area contributed by atoms with Gasteiger partial charge in [0.1, 0.15) is 11.6 Å².